The van der Waals surface area contributed by atoms with Crippen LogP contribution in [0.15, 0.2) is 0 Å². The Balaban J connectivity index is 2.57. The average molecular weight is 144 g/mol. The van der Waals surface area contributed by atoms with Gasteiger partial charge in [-0.05, 0) is 25.7 Å². The van der Waals surface area contributed by atoms with Gasteiger partial charge >= 0.3 is 5.97 Å². The molecule has 1 saturated carbocycles. The fraction of sp³-hybridized carbons (Fsp3) is 0.857. The third-order valence-corrected chi connectivity index (χ3v) is 2.33. The van der Waals surface area contributed by atoms with Crippen molar-refractivity contribution in [2.24, 2.45) is 5.92 Å². The third kappa shape index (κ3) is 1.01. The van der Waals surface area contributed by atoms with Crippen LogP contribution in [-0.2, 0) is 4.79 Å². The van der Waals surface area contributed by atoms with Crippen LogP contribution in [0.5, 0.6) is 0 Å². The first-order valence-electron chi connectivity index (χ1n) is 3.51. The molecule has 3 nitrogen and oxygen atoms in total. The van der Waals surface area contributed by atoms with Crippen LogP contribution < -0.4 is 0 Å². The first-order valence-corrected chi connectivity index (χ1v) is 3.51. The standard InChI is InChI=1S/C7H12O3/c1-7(10,6(8)9)5-3-2-4-5/h5,10H,2-4H2,1H3,(H,8,9)/t7-/m1/s1. The minimum atomic E-state index is -1.49. The summed E-state index contributed by atoms with van der Waals surface area (Å²) in [5.74, 6) is -1.12. The zero-order valence-electron chi connectivity index (χ0n) is 6.00. The van der Waals surface area contributed by atoms with Gasteiger partial charge in [-0.15, -0.1) is 0 Å². The summed E-state index contributed by atoms with van der Waals surface area (Å²) in [5, 5.41) is 17.8. The van der Waals surface area contributed by atoms with Crippen LogP contribution >= 0.6 is 0 Å². The predicted octanol–water partition coefficient (Wildman–Crippen LogP) is 0.622. The van der Waals surface area contributed by atoms with Crippen LogP contribution in [0, 0.1) is 5.92 Å². The summed E-state index contributed by atoms with van der Waals surface area (Å²) in [5.41, 5.74) is -1.49. The second kappa shape index (κ2) is 2.23. The van der Waals surface area contributed by atoms with Crippen molar-refractivity contribution in [3.8, 4) is 0 Å². The molecule has 2 N–H and O–H groups in total. The van der Waals surface area contributed by atoms with E-state index in [0.29, 0.717) is 0 Å². The molecular formula is C7H12O3. The van der Waals surface area contributed by atoms with E-state index in [9.17, 15) is 9.90 Å². The number of carboxylic acids is 1. The lowest BCUT2D eigenvalue weighted by atomic mass is 9.74. The van der Waals surface area contributed by atoms with Gasteiger partial charge in [0.2, 0.25) is 0 Å². The lowest BCUT2D eigenvalue weighted by molar-refractivity contribution is -0.166. The van der Waals surface area contributed by atoms with E-state index < -0.39 is 11.6 Å². The molecule has 1 aliphatic carbocycles. The number of aliphatic hydroxyl groups is 1. The van der Waals surface area contributed by atoms with Crippen LogP contribution in [0.25, 0.3) is 0 Å². The molecule has 0 amide bonds. The lowest BCUT2D eigenvalue weighted by Crippen LogP contribution is -2.45. The average Bonchev–Trinajstić information content (AvgIpc) is 1.57. The Labute approximate surface area is 59.7 Å². The van der Waals surface area contributed by atoms with Gasteiger partial charge in [0.05, 0.1) is 0 Å². The minimum absolute atomic E-state index is 0.0231. The molecule has 0 aromatic heterocycles. The molecule has 3 heteroatoms. The summed E-state index contributed by atoms with van der Waals surface area (Å²) in [6.07, 6.45) is 2.74. The molecular weight excluding hydrogens is 132 g/mol. The van der Waals surface area contributed by atoms with E-state index in [-0.39, 0.29) is 5.92 Å². The van der Waals surface area contributed by atoms with E-state index in [1.807, 2.05) is 0 Å². The number of carboxylic acid groups (broad SMARTS) is 1. The Hall–Kier alpha value is -0.570. The van der Waals surface area contributed by atoms with Gasteiger partial charge in [0.1, 0.15) is 0 Å². The Morgan fingerprint density at radius 2 is 2.10 bits per heavy atom. The van der Waals surface area contributed by atoms with E-state index in [1.165, 1.54) is 6.92 Å². The zero-order chi connectivity index (χ0) is 7.78. The molecule has 0 bridgehead atoms. The summed E-state index contributed by atoms with van der Waals surface area (Å²) in [4.78, 5) is 10.4. The second-order valence-corrected chi connectivity index (χ2v) is 3.08. The van der Waals surface area contributed by atoms with Gasteiger partial charge in [0.25, 0.3) is 0 Å². The van der Waals surface area contributed by atoms with Gasteiger partial charge < -0.3 is 10.2 Å². The van der Waals surface area contributed by atoms with Crippen molar-refractivity contribution in [1.82, 2.24) is 0 Å². The number of rotatable bonds is 2. The molecule has 0 aromatic rings. The zero-order valence-corrected chi connectivity index (χ0v) is 6.00. The van der Waals surface area contributed by atoms with E-state index >= 15 is 0 Å². The lowest BCUT2D eigenvalue weighted by Gasteiger charge is -2.35. The van der Waals surface area contributed by atoms with Crippen LogP contribution in [0.1, 0.15) is 26.2 Å². The van der Waals surface area contributed by atoms with E-state index in [4.69, 9.17) is 5.11 Å². The van der Waals surface area contributed by atoms with Crippen molar-refractivity contribution in [2.45, 2.75) is 31.8 Å². The molecule has 1 aliphatic rings. The quantitative estimate of drug-likeness (QED) is 0.597. The molecule has 0 heterocycles. The van der Waals surface area contributed by atoms with Gasteiger partial charge in [-0.1, -0.05) is 6.42 Å². The Morgan fingerprint density at radius 3 is 2.20 bits per heavy atom. The van der Waals surface area contributed by atoms with Crippen molar-refractivity contribution in [1.29, 1.82) is 0 Å². The molecule has 0 radical (unpaired) electrons. The fourth-order valence-corrected chi connectivity index (χ4v) is 1.14. The second-order valence-electron chi connectivity index (χ2n) is 3.08. The number of hydrogen-bond donors (Lipinski definition) is 2. The minimum Gasteiger partial charge on any atom is -0.479 e. The van der Waals surface area contributed by atoms with Crippen LogP contribution in [0.4, 0.5) is 0 Å². The molecule has 0 aliphatic heterocycles. The Morgan fingerprint density at radius 1 is 1.60 bits per heavy atom. The first-order chi connectivity index (χ1) is 4.55. The van der Waals surface area contributed by atoms with Gasteiger partial charge in [0.15, 0.2) is 5.60 Å². The topological polar surface area (TPSA) is 57.5 Å². The first kappa shape index (κ1) is 7.54. The summed E-state index contributed by atoms with van der Waals surface area (Å²) >= 11 is 0. The molecule has 0 aromatic carbocycles. The molecule has 0 spiro atoms. The van der Waals surface area contributed by atoms with Crippen LogP contribution in [-0.4, -0.2) is 21.8 Å². The summed E-state index contributed by atoms with van der Waals surface area (Å²) in [6.45, 7) is 1.37. The third-order valence-electron chi connectivity index (χ3n) is 2.33. The smallest absolute Gasteiger partial charge is 0.335 e. The maximum atomic E-state index is 10.4. The highest BCUT2D eigenvalue weighted by Gasteiger charge is 2.42. The summed E-state index contributed by atoms with van der Waals surface area (Å²) < 4.78 is 0. The number of carbonyl (C=O) groups is 1. The van der Waals surface area contributed by atoms with Crippen LogP contribution in [0.3, 0.4) is 0 Å². The highest BCUT2D eigenvalue weighted by molar-refractivity contribution is 5.77. The van der Waals surface area contributed by atoms with E-state index in [2.05, 4.69) is 0 Å². The van der Waals surface area contributed by atoms with E-state index in [1.54, 1.807) is 0 Å². The summed E-state index contributed by atoms with van der Waals surface area (Å²) in [7, 11) is 0. The molecule has 1 atom stereocenters. The Kier molecular flexibility index (Phi) is 1.68. The van der Waals surface area contributed by atoms with Gasteiger partial charge in [0, 0.05) is 0 Å². The molecule has 0 saturated heterocycles. The van der Waals surface area contributed by atoms with Gasteiger partial charge in [-0.3, -0.25) is 0 Å². The maximum absolute atomic E-state index is 10.4. The SMILES string of the molecule is C[C@](O)(C(=O)O)C1CCC1. The van der Waals surface area contributed by atoms with Crippen molar-refractivity contribution in [2.75, 3.05) is 0 Å². The highest BCUT2D eigenvalue weighted by atomic mass is 16.4. The van der Waals surface area contributed by atoms with Gasteiger partial charge in [-0.25, -0.2) is 4.79 Å². The number of aliphatic carboxylic acids is 1. The molecule has 0 unspecified atom stereocenters. The molecule has 10 heavy (non-hydrogen) atoms. The largest absolute Gasteiger partial charge is 0.479 e. The maximum Gasteiger partial charge on any atom is 0.335 e. The van der Waals surface area contributed by atoms with Crippen molar-refractivity contribution >= 4 is 5.97 Å². The van der Waals surface area contributed by atoms with Crippen molar-refractivity contribution in [3.63, 3.8) is 0 Å². The molecule has 1 fully saturated rings. The van der Waals surface area contributed by atoms with Gasteiger partial charge in [-0.2, -0.15) is 0 Å². The summed E-state index contributed by atoms with van der Waals surface area (Å²) in [6, 6.07) is 0. The fourth-order valence-electron chi connectivity index (χ4n) is 1.14. The Bertz CT molecular complexity index is 147. The highest BCUT2D eigenvalue weighted by Crippen LogP contribution is 2.35. The number of hydrogen-bond acceptors (Lipinski definition) is 2. The van der Waals surface area contributed by atoms with Crippen molar-refractivity contribution < 1.29 is 15.0 Å². The molecule has 1 rings (SSSR count). The normalized spacial score (nSPS) is 25.0. The monoisotopic (exact) mass is 144 g/mol. The predicted molar refractivity (Wildman–Crippen MR) is 35.6 cm³/mol. The van der Waals surface area contributed by atoms with Crippen molar-refractivity contribution in [3.05, 3.63) is 0 Å². The van der Waals surface area contributed by atoms with E-state index in [0.717, 1.165) is 19.3 Å². The molecule has 58 valence electrons. The van der Waals surface area contributed by atoms with Crippen LogP contribution in [0.2, 0.25) is 0 Å².